The molecule has 0 fully saturated rings. The van der Waals surface area contributed by atoms with Crippen LogP contribution in [0.1, 0.15) is 11.1 Å². The molecule has 132 valence electrons. The van der Waals surface area contributed by atoms with Crippen molar-refractivity contribution in [2.75, 3.05) is 0 Å². The highest BCUT2D eigenvalue weighted by Gasteiger charge is 2.23. The third-order valence-electron chi connectivity index (χ3n) is 3.60. The Bertz CT molecular complexity index is 939. The molecule has 0 amide bonds. The average molecular weight is 372 g/mol. The highest BCUT2D eigenvalue weighted by Crippen LogP contribution is 2.32. The predicted octanol–water partition coefficient (Wildman–Crippen LogP) is 4.15. The minimum atomic E-state index is -0.628. The summed E-state index contributed by atoms with van der Waals surface area (Å²) < 4.78 is 5.54. The molecule has 0 spiro atoms. The van der Waals surface area contributed by atoms with E-state index < -0.39 is 9.85 Å². The Hall–Kier alpha value is -3.27. The molecule has 9 nitrogen and oxygen atoms in total. The van der Waals surface area contributed by atoms with Gasteiger partial charge in [-0.25, -0.2) is 0 Å². The van der Waals surface area contributed by atoms with Crippen molar-refractivity contribution in [3.8, 4) is 11.5 Å². The lowest BCUT2D eigenvalue weighted by Gasteiger charge is -2.03. The maximum Gasteiger partial charge on any atom is 0.279 e. The molecular weight excluding hydrogens is 360 g/mol. The Morgan fingerprint density at radius 1 is 1.04 bits per heavy atom. The van der Waals surface area contributed by atoms with E-state index in [2.05, 4.69) is 10.2 Å². The van der Waals surface area contributed by atoms with Crippen LogP contribution in [0, 0.1) is 27.2 Å². The third-order valence-corrected chi connectivity index (χ3v) is 4.49. The van der Waals surface area contributed by atoms with Crippen molar-refractivity contribution in [2.24, 2.45) is 0 Å². The molecule has 1 aromatic heterocycles. The van der Waals surface area contributed by atoms with Gasteiger partial charge in [-0.15, -0.1) is 10.2 Å². The SMILES string of the molecule is Cc1c([N+](=O)[O-])cc(CSc2nnc(-c3ccccc3)o2)cc1[N+](=O)[O-]. The van der Waals surface area contributed by atoms with Gasteiger partial charge in [0.25, 0.3) is 16.6 Å². The summed E-state index contributed by atoms with van der Waals surface area (Å²) in [5.41, 5.74) is 0.653. The highest BCUT2D eigenvalue weighted by molar-refractivity contribution is 7.98. The van der Waals surface area contributed by atoms with E-state index in [1.165, 1.54) is 19.1 Å². The molecule has 0 N–H and O–H groups in total. The first-order chi connectivity index (χ1) is 12.5. The lowest BCUT2D eigenvalue weighted by Crippen LogP contribution is -1.99. The Morgan fingerprint density at radius 2 is 1.65 bits per heavy atom. The summed E-state index contributed by atoms with van der Waals surface area (Å²) in [5, 5.41) is 30.4. The van der Waals surface area contributed by atoms with Gasteiger partial charge >= 0.3 is 0 Å². The van der Waals surface area contributed by atoms with Gasteiger partial charge in [-0.2, -0.15) is 0 Å². The Morgan fingerprint density at radius 3 is 2.23 bits per heavy atom. The van der Waals surface area contributed by atoms with E-state index in [9.17, 15) is 20.2 Å². The number of aromatic nitrogens is 2. The van der Waals surface area contributed by atoms with Crippen LogP contribution in [0.3, 0.4) is 0 Å². The van der Waals surface area contributed by atoms with Gasteiger partial charge in [0.05, 0.1) is 9.85 Å². The van der Waals surface area contributed by atoms with Crippen molar-refractivity contribution in [3.05, 3.63) is 73.8 Å². The van der Waals surface area contributed by atoms with Gasteiger partial charge in [-0.05, 0) is 24.6 Å². The number of nitro groups is 2. The quantitative estimate of drug-likeness (QED) is 0.359. The lowest BCUT2D eigenvalue weighted by molar-refractivity contribution is -0.395. The van der Waals surface area contributed by atoms with Crippen LogP contribution in [0.25, 0.3) is 11.5 Å². The molecule has 0 saturated heterocycles. The van der Waals surface area contributed by atoms with Crippen molar-refractivity contribution in [2.45, 2.75) is 17.9 Å². The van der Waals surface area contributed by atoms with E-state index in [1.807, 2.05) is 30.3 Å². The predicted molar refractivity (Wildman–Crippen MR) is 93.8 cm³/mol. The molecule has 3 aromatic rings. The van der Waals surface area contributed by atoms with Crippen LogP contribution < -0.4 is 0 Å². The van der Waals surface area contributed by atoms with Crippen molar-refractivity contribution < 1.29 is 14.3 Å². The number of hydrogen-bond donors (Lipinski definition) is 0. The number of thioether (sulfide) groups is 1. The molecule has 0 unspecified atom stereocenters. The zero-order chi connectivity index (χ0) is 18.7. The molecule has 0 atom stereocenters. The standard InChI is InChI=1S/C16H12N4O5S/c1-10-13(19(21)22)7-11(8-14(10)20(23)24)9-26-16-18-17-15(25-16)12-5-3-2-4-6-12/h2-8H,9H2,1H3. The summed E-state index contributed by atoms with van der Waals surface area (Å²) in [7, 11) is 0. The Kier molecular flexibility index (Phi) is 4.94. The molecule has 0 aliphatic heterocycles. The second-order valence-electron chi connectivity index (χ2n) is 5.30. The molecule has 1 heterocycles. The first kappa shape index (κ1) is 17.5. The number of rotatable bonds is 6. The van der Waals surface area contributed by atoms with Gasteiger partial charge < -0.3 is 4.42 Å². The molecular formula is C16H12N4O5S. The summed E-state index contributed by atoms with van der Waals surface area (Å²) in [5.74, 6) is 0.576. The van der Waals surface area contributed by atoms with E-state index in [1.54, 1.807) is 0 Å². The Labute approximate surface area is 151 Å². The van der Waals surface area contributed by atoms with Crippen LogP contribution in [0.15, 0.2) is 52.1 Å². The van der Waals surface area contributed by atoms with Gasteiger partial charge in [0.2, 0.25) is 5.89 Å². The summed E-state index contributed by atoms with van der Waals surface area (Å²) in [6.45, 7) is 1.36. The largest absolute Gasteiger partial charge is 0.411 e. The minimum absolute atomic E-state index is 0.0258. The monoisotopic (exact) mass is 372 g/mol. The first-order valence-corrected chi connectivity index (χ1v) is 8.38. The number of nitro benzene ring substituents is 2. The molecule has 0 bridgehead atoms. The first-order valence-electron chi connectivity index (χ1n) is 7.39. The average Bonchev–Trinajstić information content (AvgIpc) is 3.10. The van der Waals surface area contributed by atoms with Crippen molar-refractivity contribution in [1.82, 2.24) is 10.2 Å². The van der Waals surface area contributed by atoms with Crippen LogP contribution >= 0.6 is 11.8 Å². The van der Waals surface area contributed by atoms with Crippen LogP contribution in [0.2, 0.25) is 0 Å². The van der Waals surface area contributed by atoms with Crippen molar-refractivity contribution in [1.29, 1.82) is 0 Å². The third kappa shape index (κ3) is 3.70. The van der Waals surface area contributed by atoms with E-state index in [-0.39, 0.29) is 27.9 Å². The molecule has 3 rings (SSSR count). The molecule has 0 aliphatic rings. The molecule has 10 heteroatoms. The highest BCUT2D eigenvalue weighted by atomic mass is 32.2. The van der Waals surface area contributed by atoms with E-state index in [4.69, 9.17) is 4.42 Å². The van der Waals surface area contributed by atoms with Gasteiger partial charge in [-0.1, -0.05) is 30.0 Å². The molecule has 2 aromatic carbocycles. The van der Waals surface area contributed by atoms with Crippen LogP contribution in [0.5, 0.6) is 0 Å². The van der Waals surface area contributed by atoms with E-state index >= 15 is 0 Å². The van der Waals surface area contributed by atoms with Crippen LogP contribution in [-0.4, -0.2) is 20.0 Å². The second-order valence-corrected chi connectivity index (χ2v) is 6.23. The number of hydrogen-bond acceptors (Lipinski definition) is 8. The van der Waals surface area contributed by atoms with Gasteiger partial charge in [0.1, 0.15) is 5.56 Å². The van der Waals surface area contributed by atoms with Crippen molar-refractivity contribution in [3.63, 3.8) is 0 Å². The summed E-state index contributed by atoms with van der Waals surface area (Å²) in [6, 6.07) is 11.9. The molecule has 0 aliphatic carbocycles. The van der Waals surface area contributed by atoms with Gasteiger partial charge in [0.15, 0.2) is 0 Å². The summed E-state index contributed by atoms with van der Waals surface area (Å²) >= 11 is 1.15. The Balaban J connectivity index is 1.81. The van der Waals surface area contributed by atoms with Gasteiger partial charge in [-0.3, -0.25) is 20.2 Å². The molecule has 26 heavy (non-hydrogen) atoms. The normalized spacial score (nSPS) is 10.7. The maximum atomic E-state index is 11.1. The molecule has 0 saturated carbocycles. The lowest BCUT2D eigenvalue weighted by atomic mass is 10.1. The summed E-state index contributed by atoms with van der Waals surface area (Å²) in [6.07, 6.45) is 0. The van der Waals surface area contributed by atoms with Crippen LogP contribution in [0.4, 0.5) is 11.4 Å². The topological polar surface area (TPSA) is 125 Å². The second kappa shape index (κ2) is 7.31. The smallest absolute Gasteiger partial charge is 0.279 e. The fourth-order valence-electron chi connectivity index (χ4n) is 2.31. The minimum Gasteiger partial charge on any atom is -0.411 e. The summed E-state index contributed by atoms with van der Waals surface area (Å²) in [4.78, 5) is 21.0. The van der Waals surface area contributed by atoms with E-state index in [0.717, 1.165) is 17.3 Å². The maximum absolute atomic E-state index is 11.1. The number of benzene rings is 2. The van der Waals surface area contributed by atoms with Gasteiger partial charge in [0, 0.05) is 23.4 Å². The molecule has 0 radical (unpaired) electrons. The fourth-order valence-corrected chi connectivity index (χ4v) is 3.01. The van der Waals surface area contributed by atoms with Crippen LogP contribution in [-0.2, 0) is 5.75 Å². The van der Waals surface area contributed by atoms with E-state index in [0.29, 0.717) is 11.5 Å². The number of nitrogens with zero attached hydrogens (tertiary/aromatic N) is 4. The zero-order valence-electron chi connectivity index (χ0n) is 13.5. The zero-order valence-corrected chi connectivity index (χ0v) is 14.3. The van der Waals surface area contributed by atoms with Crippen molar-refractivity contribution >= 4 is 23.1 Å². The fraction of sp³-hybridized carbons (Fsp3) is 0.125.